The predicted octanol–water partition coefficient (Wildman–Crippen LogP) is 29.3. The van der Waals surface area contributed by atoms with Gasteiger partial charge in [0.05, 0.1) is 26.4 Å². The highest BCUT2D eigenvalue weighted by molar-refractivity contribution is 7.47. The van der Waals surface area contributed by atoms with E-state index in [1.54, 1.807) is 0 Å². The number of unbranched alkanes of at least 4 members (excludes halogenated alkanes) is 45. The van der Waals surface area contributed by atoms with E-state index in [1.165, 1.54) is 218 Å². The van der Waals surface area contributed by atoms with E-state index in [0.29, 0.717) is 19.3 Å². The zero-order valence-electron chi connectivity index (χ0n) is 74.6. The molecule has 117 heavy (non-hydrogen) atoms. The van der Waals surface area contributed by atoms with Crippen LogP contribution in [0.1, 0.15) is 419 Å². The molecule has 676 valence electrons. The smallest absolute Gasteiger partial charge is 0.463 e. The summed E-state index contributed by atoms with van der Waals surface area (Å²) in [5.41, 5.74) is 0. The van der Waals surface area contributed by atoms with E-state index >= 15 is 0 Å². The summed E-state index contributed by atoms with van der Waals surface area (Å²) in [6.07, 6.45) is 114. The van der Waals surface area contributed by atoms with Gasteiger partial charge in [0.2, 0.25) is 0 Å². The summed E-state index contributed by atoms with van der Waals surface area (Å²) >= 11 is 0. The van der Waals surface area contributed by atoms with Crippen molar-refractivity contribution in [2.75, 3.05) is 39.6 Å². The molecule has 0 rings (SSSR count). The molecule has 0 heterocycles. The first-order valence-corrected chi connectivity index (χ1v) is 50.5. The van der Waals surface area contributed by atoms with Crippen LogP contribution in [0.2, 0.25) is 0 Å². The molecule has 0 radical (unpaired) electrons. The highest BCUT2D eigenvalue weighted by Crippen LogP contribution is 2.45. The molecule has 0 fully saturated rings. The molecule has 4 N–H and O–H groups in total. The molecule has 18 heteroatoms. The lowest BCUT2D eigenvalue weighted by Crippen LogP contribution is -2.30. The number of esters is 3. The van der Waals surface area contributed by atoms with Gasteiger partial charge in [0, 0.05) is 19.3 Å². The molecule has 0 saturated heterocycles. The molecule has 0 spiro atoms. The zero-order chi connectivity index (χ0) is 85.1. The average molecular weight is 1680 g/mol. The number of aliphatic hydroxyl groups is 2. The Morgan fingerprint density at radius 3 is 0.752 bits per heavy atom. The minimum atomic E-state index is -4.94. The first-order valence-electron chi connectivity index (χ1n) is 47.5. The Balaban J connectivity index is 4.35. The maximum atomic E-state index is 13.0. The molecule has 16 nitrogen and oxygen atoms in total. The minimum Gasteiger partial charge on any atom is -0.463 e. The Kier molecular flexibility index (Phi) is 87.6. The van der Waals surface area contributed by atoms with E-state index in [2.05, 4.69) is 154 Å². The van der Waals surface area contributed by atoms with Crippen LogP contribution in [0.25, 0.3) is 0 Å². The number of phosphoric acid groups is 2. The minimum absolute atomic E-state index is 0.0889. The number of hydrogen-bond acceptors (Lipinski definition) is 14. The summed E-state index contributed by atoms with van der Waals surface area (Å²) in [5, 5.41) is 20.7. The highest BCUT2D eigenvalue weighted by atomic mass is 31.2. The van der Waals surface area contributed by atoms with Gasteiger partial charge in [-0.25, -0.2) is 9.13 Å². The summed E-state index contributed by atoms with van der Waals surface area (Å²) in [7, 11) is -9.80. The van der Waals surface area contributed by atoms with Crippen molar-refractivity contribution < 1.29 is 75.8 Å². The van der Waals surface area contributed by atoms with Crippen molar-refractivity contribution >= 4 is 33.6 Å². The van der Waals surface area contributed by atoms with Gasteiger partial charge in [-0.3, -0.25) is 32.5 Å². The largest absolute Gasteiger partial charge is 0.472 e. The second kappa shape index (κ2) is 90.9. The summed E-state index contributed by atoms with van der Waals surface area (Å²) in [5.74, 6) is -1.57. The number of carbonyl (C=O) groups excluding carboxylic acids is 3. The van der Waals surface area contributed by atoms with Gasteiger partial charge in [-0.1, -0.05) is 398 Å². The third-order valence-electron chi connectivity index (χ3n) is 20.3. The monoisotopic (exact) mass is 1680 g/mol. The lowest BCUT2D eigenvalue weighted by Gasteiger charge is -2.21. The fourth-order valence-corrected chi connectivity index (χ4v) is 14.7. The summed E-state index contributed by atoms with van der Waals surface area (Å²) in [4.78, 5) is 58.9. The molecule has 0 amide bonds. The number of phosphoric ester groups is 2. The molecular weight excluding hydrogens is 1510 g/mol. The van der Waals surface area contributed by atoms with Crippen molar-refractivity contribution in [3.63, 3.8) is 0 Å². The van der Waals surface area contributed by atoms with Crippen LogP contribution >= 0.6 is 15.6 Å². The number of hydrogen-bond donors (Lipinski definition) is 4. The van der Waals surface area contributed by atoms with E-state index in [-0.39, 0.29) is 19.3 Å². The van der Waals surface area contributed by atoms with E-state index < -0.39 is 91.5 Å². The van der Waals surface area contributed by atoms with Crippen molar-refractivity contribution in [2.45, 2.75) is 437 Å². The first kappa shape index (κ1) is 113. The number of allylic oxidation sites excluding steroid dienone is 22. The summed E-state index contributed by atoms with van der Waals surface area (Å²) in [6.45, 7) is 2.52. The lowest BCUT2D eigenvalue weighted by molar-refractivity contribution is -0.161. The van der Waals surface area contributed by atoms with Gasteiger partial charge in [0.25, 0.3) is 0 Å². The van der Waals surface area contributed by atoms with Crippen LogP contribution in [0.4, 0.5) is 0 Å². The Morgan fingerprint density at radius 1 is 0.248 bits per heavy atom. The van der Waals surface area contributed by atoms with Crippen molar-refractivity contribution in [1.82, 2.24) is 0 Å². The molecule has 0 aliphatic carbocycles. The molecule has 0 aliphatic rings. The SMILES string of the molecule is CC/C=C\C/C=C\C/C=C\C/C=C\C/C=C\CCCCCCCCCCCCCCCCCCCC(=O)OCC(COP(=O)(O)OCC(O)COP(=O)(O)OCC(O)COC(=O)CCCCCCCCCCCCCCCCCCCCC/C=C\C/C=C\C/C=C\C/C=C\CCCCC)OC(=O)CCCCCCC/C=C\C/C=C\CCC. The normalized spacial score (nSPS) is 14.4. The Hall–Kier alpha value is -4.31. The van der Waals surface area contributed by atoms with Gasteiger partial charge in [-0.05, 0) is 135 Å². The van der Waals surface area contributed by atoms with Crippen LogP contribution < -0.4 is 0 Å². The molecule has 0 aromatic rings. The van der Waals surface area contributed by atoms with Crippen molar-refractivity contribution in [1.29, 1.82) is 0 Å². The topological polar surface area (TPSA) is 231 Å². The number of rotatable bonds is 90. The third-order valence-corrected chi connectivity index (χ3v) is 22.2. The van der Waals surface area contributed by atoms with Gasteiger partial charge in [0.15, 0.2) is 6.10 Å². The second-order valence-corrected chi connectivity index (χ2v) is 34.7. The maximum absolute atomic E-state index is 13.0. The standard InChI is InChI=1S/C99H174O16P2/c1-4-7-10-13-16-19-22-25-27-29-31-33-35-37-39-41-43-45-46-48-50-51-53-55-57-59-61-63-65-68-70-73-76-79-82-85-97(102)109-88-94(100)89-111-116(105,106)112-90-95(101)91-113-117(107,108)114-93-96(115-99(104)87-84-81-78-75-72-67-24-21-18-15-12-9-6-3)92-110-98(103)86-83-80-77-74-71-69-66-64-62-60-58-56-54-52-49-47-44-42-40-38-36-34-32-30-28-26-23-20-17-14-11-8-5-2/h8,11-12,15-17,19-21,24-28,31-34,37-40,94-96,100-101H,4-7,9-10,13-14,18,22-23,29-30,35-36,41-93H2,1-3H3,(H,105,106)(H,107,108)/b11-8-,15-12-,19-16-,20-17-,24-21-,27-25-,28-26-,33-31-,34-32-,39-37-,40-38-. The van der Waals surface area contributed by atoms with Gasteiger partial charge >= 0.3 is 33.6 Å². The van der Waals surface area contributed by atoms with Crippen LogP contribution in [0, 0.1) is 0 Å². The molecule has 5 unspecified atom stereocenters. The quantitative estimate of drug-likeness (QED) is 0.0146. The summed E-state index contributed by atoms with van der Waals surface area (Å²) in [6, 6.07) is 0. The molecule has 0 saturated carbocycles. The van der Waals surface area contributed by atoms with Gasteiger partial charge in [-0.2, -0.15) is 0 Å². The van der Waals surface area contributed by atoms with Crippen molar-refractivity contribution in [3.8, 4) is 0 Å². The fraction of sp³-hybridized carbons (Fsp3) is 0.747. The van der Waals surface area contributed by atoms with Gasteiger partial charge in [0.1, 0.15) is 25.4 Å². The second-order valence-electron chi connectivity index (χ2n) is 31.8. The average Bonchev–Trinajstić information content (AvgIpc) is 0.898. The zero-order valence-corrected chi connectivity index (χ0v) is 76.4. The fourth-order valence-electron chi connectivity index (χ4n) is 13.2. The van der Waals surface area contributed by atoms with Crippen LogP contribution in [0.15, 0.2) is 134 Å². The predicted molar refractivity (Wildman–Crippen MR) is 491 cm³/mol. The van der Waals surface area contributed by atoms with Gasteiger partial charge in [-0.15, -0.1) is 0 Å². The van der Waals surface area contributed by atoms with Crippen LogP contribution in [-0.4, -0.2) is 95.9 Å². The number of ether oxygens (including phenoxy) is 3. The molecule has 0 aliphatic heterocycles. The Labute approximate surface area is 715 Å². The van der Waals surface area contributed by atoms with Crippen LogP contribution in [0.3, 0.4) is 0 Å². The number of aliphatic hydroxyl groups excluding tert-OH is 2. The van der Waals surface area contributed by atoms with Gasteiger partial charge < -0.3 is 34.2 Å². The van der Waals surface area contributed by atoms with Crippen molar-refractivity contribution in [3.05, 3.63) is 134 Å². The molecule has 0 aromatic heterocycles. The first-order chi connectivity index (χ1) is 57.2. The van der Waals surface area contributed by atoms with Crippen LogP contribution in [0.5, 0.6) is 0 Å². The maximum Gasteiger partial charge on any atom is 0.472 e. The molecule has 0 bridgehead atoms. The Morgan fingerprint density at radius 2 is 0.470 bits per heavy atom. The van der Waals surface area contributed by atoms with E-state index in [1.807, 2.05) is 0 Å². The van der Waals surface area contributed by atoms with Crippen molar-refractivity contribution in [2.24, 2.45) is 0 Å². The van der Waals surface area contributed by atoms with E-state index in [9.17, 15) is 43.5 Å². The highest BCUT2D eigenvalue weighted by Gasteiger charge is 2.30. The third kappa shape index (κ3) is 92.3. The number of carbonyl (C=O) groups is 3. The molecule has 0 aromatic carbocycles. The molecule has 5 atom stereocenters. The summed E-state index contributed by atoms with van der Waals surface area (Å²) < 4.78 is 61.4. The van der Waals surface area contributed by atoms with E-state index in [0.717, 1.165) is 141 Å². The Bertz CT molecular complexity index is 2660. The lowest BCUT2D eigenvalue weighted by atomic mass is 10.0. The van der Waals surface area contributed by atoms with Crippen LogP contribution in [-0.2, 0) is 55.8 Å². The molecular formula is C99H174O16P2. The van der Waals surface area contributed by atoms with E-state index in [4.69, 9.17) is 32.3 Å².